The number of thiophene rings is 1. The standard InChI is InChI=1S/C18H24N4O2S/c1-3-13(2)22-16(6-9-19-22)20-17(23)14-7-10-21(11-8-14)18(24)15-5-4-12-25-15/h4-6,9,12-14H,3,7-8,10-11H2,1-2H3,(H,20,23). The average Bonchev–Trinajstić information content (AvgIpc) is 3.32. The number of likely N-dealkylation sites (tertiary alicyclic amines) is 1. The van der Waals surface area contributed by atoms with Gasteiger partial charge in [-0.3, -0.25) is 9.59 Å². The average molecular weight is 360 g/mol. The maximum atomic E-state index is 12.6. The molecular formula is C18H24N4O2S. The predicted molar refractivity (Wildman–Crippen MR) is 98.8 cm³/mol. The normalized spacial score (nSPS) is 16.6. The summed E-state index contributed by atoms with van der Waals surface area (Å²) in [6.45, 7) is 5.43. The van der Waals surface area contributed by atoms with E-state index in [0.29, 0.717) is 25.9 Å². The van der Waals surface area contributed by atoms with Crippen molar-refractivity contribution in [3.05, 3.63) is 34.7 Å². The van der Waals surface area contributed by atoms with Crippen molar-refractivity contribution in [2.24, 2.45) is 5.92 Å². The number of carbonyl (C=O) groups is 2. The van der Waals surface area contributed by atoms with Gasteiger partial charge in [-0.05, 0) is 37.6 Å². The molecule has 1 fully saturated rings. The highest BCUT2D eigenvalue weighted by Crippen LogP contribution is 2.23. The number of amides is 2. The number of rotatable bonds is 5. The Balaban J connectivity index is 1.55. The third kappa shape index (κ3) is 3.92. The van der Waals surface area contributed by atoms with Crippen LogP contribution in [-0.2, 0) is 4.79 Å². The predicted octanol–water partition coefficient (Wildman–Crippen LogP) is 3.41. The molecule has 1 unspecified atom stereocenters. The van der Waals surface area contributed by atoms with Gasteiger partial charge in [0.15, 0.2) is 0 Å². The first-order valence-electron chi connectivity index (χ1n) is 8.77. The van der Waals surface area contributed by atoms with Crippen LogP contribution in [0.3, 0.4) is 0 Å². The smallest absolute Gasteiger partial charge is 0.263 e. The minimum Gasteiger partial charge on any atom is -0.338 e. The molecule has 1 N–H and O–H groups in total. The van der Waals surface area contributed by atoms with E-state index >= 15 is 0 Å². The summed E-state index contributed by atoms with van der Waals surface area (Å²) < 4.78 is 1.85. The van der Waals surface area contributed by atoms with E-state index in [1.54, 1.807) is 6.20 Å². The lowest BCUT2D eigenvalue weighted by Gasteiger charge is -2.31. The van der Waals surface area contributed by atoms with Gasteiger partial charge in [0.25, 0.3) is 5.91 Å². The Morgan fingerprint density at radius 2 is 2.12 bits per heavy atom. The minimum atomic E-state index is -0.0623. The fraction of sp³-hybridized carbons (Fsp3) is 0.500. The summed E-state index contributed by atoms with van der Waals surface area (Å²) in [5.74, 6) is 0.779. The zero-order valence-corrected chi connectivity index (χ0v) is 15.5. The molecule has 2 aromatic rings. The van der Waals surface area contributed by atoms with Crippen LogP contribution in [0.25, 0.3) is 0 Å². The van der Waals surface area contributed by atoms with Crippen molar-refractivity contribution in [2.75, 3.05) is 18.4 Å². The van der Waals surface area contributed by atoms with Gasteiger partial charge >= 0.3 is 0 Å². The Morgan fingerprint density at radius 3 is 2.76 bits per heavy atom. The van der Waals surface area contributed by atoms with Gasteiger partial charge in [-0.1, -0.05) is 13.0 Å². The zero-order chi connectivity index (χ0) is 17.8. The Bertz CT molecular complexity index is 717. The lowest BCUT2D eigenvalue weighted by Crippen LogP contribution is -2.41. The first kappa shape index (κ1) is 17.7. The fourth-order valence-corrected chi connectivity index (χ4v) is 3.76. The quantitative estimate of drug-likeness (QED) is 0.888. The van der Waals surface area contributed by atoms with Crippen molar-refractivity contribution >= 4 is 29.0 Å². The van der Waals surface area contributed by atoms with Crippen molar-refractivity contribution in [1.82, 2.24) is 14.7 Å². The molecule has 2 amide bonds. The van der Waals surface area contributed by atoms with E-state index in [0.717, 1.165) is 17.1 Å². The third-order valence-electron chi connectivity index (χ3n) is 4.81. The van der Waals surface area contributed by atoms with E-state index in [9.17, 15) is 9.59 Å². The highest BCUT2D eigenvalue weighted by molar-refractivity contribution is 7.12. The first-order chi connectivity index (χ1) is 12.1. The number of aromatic nitrogens is 2. The molecule has 134 valence electrons. The number of anilines is 1. The topological polar surface area (TPSA) is 67.2 Å². The van der Waals surface area contributed by atoms with Crippen molar-refractivity contribution < 1.29 is 9.59 Å². The molecule has 1 aliphatic rings. The highest BCUT2D eigenvalue weighted by atomic mass is 32.1. The second-order valence-corrected chi connectivity index (χ2v) is 7.40. The number of hydrogen-bond acceptors (Lipinski definition) is 4. The molecule has 0 bridgehead atoms. The van der Waals surface area contributed by atoms with Gasteiger partial charge in [-0.15, -0.1) is 11.3 Å². The molecule has 1 atom stereocenters. The third-order valence-corrected chi connectivity index (χ3v) is 5.67. The summed E-state index contributed by atoms with van der Waals surface area (Å²) in [6.07, 6.45) is 4.05. The molecule has 1 aliphatic heterocycles. The first-order valence-corrected chi connectivity index (χ1v) is 9.65. The van der Waals surface area contributed by atoms with E-state index < -0.39 is 0 Å². The van der Waals surface area contributed by atoms with Crippen LogP contribution >= 0.6 is 11.3 Å². The van der Waals surface area contributed by atoms with E-state index in [1.807, 2.05) is 33.2 Å². The number of carbonyl (C=O) groups excluding carboxylic acids is 2. The molecule has 3 heterocycles. The van der Waals surface area contributed by atoms with Crippen LogP contribution in [0.2, 0.25) is 0 Å². The van der Waals surface area contributed by atoms with Crippen LogP contribution in [0.4, 0.5) is 5.82 Å². The van der Waals surface area contributed by atoms with Crippen molar-refractivity contribution in [1.29, 1.82) is 0 Å². The summed E-state index contributed by atoms with van der Waals surface area (Å²) in [5, 5.41) is 9.22. The molecule has 0 saturated carbocycles. The van der Waals surface area contributed by atoms with Gasteiger partial charge in [-0.2, -0.15) is 5.10 Å². The molecule has 7 heteroatoms. The van der Waals surface area contributed by atoms with Crippen LogP contribution in [0.5, 0.6) is 0 Å². The van der Waals surface area contributed by atoms with Gasteiger partial charge in [-0.25, -0.2) is 4.68 Å². The number of nitrogens with zero attached hydrogens (tertiary/aromatic N) is 3. The van der Waals surface area contributed by atoms with Crippen LogP contribution in [-0.4, -0.2) is 39.6 Å². The molecule has 6 nitrogen and oxygen atoms in total. The molecule has 0 spiro atoms. The zero-order valence-electron chi connectivity index (χ0n) is 14.6. The summed E-state index contributed by atoms with van der Waals surface area (Å²) in [4.78, 5) is 27.6. The maximum Gasteiger partial charge on any atom is 0.263 e. The molecule has 25 heavy (non-hydrogen) atoms. The largest absolute Gasteiger partial charge is 0.338 e. The van der Waals surface area contributed by atoms with Crippen LogP contribution in [0.1, 0.15) is 48.8 Å². The van der Waals surface area contributed by atoms with Gasteiger partial charge in [0, 0.05) is 25.1 Å². The van der Waals surface area contributed by atoms with Crippen LogP contribution in [0.15, 0.2) is 29.8 Å². The van der Waals surface area contributed by atoms with Crippen molar-refractivity contribution in [2.45, 2.75) is 39.2 Å². The molecule has 1 saturated heterocycles. The SMILES string of the molecule is CCC(C)n1nccc1NC(=O)C1CCN(C(=O)c2cccs2)CC1. The van der Waals surface area contributed by atoms with Gasteiger partial charge in [0.2, 0.25) is 5.91 Å². The number of hydrogen-bond donors (Lipinski definition) is 1. The Kier molecular flexibility index (Phi) is 5.53. The van der Waals surface area contributed by atoms with E-state index in [4.69, 9.17) is 0 Å². The maximum absolute atomic E-state index is 12.6. The highest BCUT2D eigenvalue weighted by Gasteiger charge is 2.28. The molecule has 3 rings (SSSR count). The Labute approximate surface area is 151 Å². The summed E-state index contributed by atoms with van der Waals surface area (Å²) in [7, 11) is 0. The van der Waals surface area contributed by atoms with Gasteiger partial charge < -0.3 is 10.2 Å². The Morgan fingerprint density at radius 1 is 1.36 bits per heavy atom. The number of piperidine rings is 1. The van der Waals surface area contributed by atoms with E-state index in [2.05, 4.69) is 24.3 Å². The lowest BCUT2D eigenvalue weighted by molar-refractivity contribution is -0.121. The second-order valence-electron chi connectivity index (χ2n) is 6.45. The van der Waals surface area contributed by atoms with Crippen molar-refractivity contribution in [3.8, 4) is 0 Å². The summed E-state index contributed by atoms with van der Waals surface area (Å²) in [6, 6.07) is 5.82. The Hall–Kier alpha value is -2.15. The molecule has 0 radical (unpaired) electrons. The molecular weight excluding hydrogens is 336 g/mol. The van der Waals surface area contributed by atoms with Crippen LogP contribution in [0, 0.1) is 5.92 Å². The second kappa shape index (κ2) is 7.82. The summed E-state index contributed by atoms with van der Waals surface area (Å²) >= 11 is 1.46. The van der Waals surface area contributed by atoms with Gasteiger partial charge in [0.05, 0.1) is 17.1 Å². The summed E-state index contributed by atoms with van der Waals surface area (Å²) in [5.41, 5.74) is 0. The number of nitrogens with one attached hydrogen (secondary N) is 1. The molecule has 0 aromatic carbocycles. The van der Waals surface area contributed by atoms with E-state index in [-0.39, 0.29) is 23.8 Å². The lowest BCUT2D eigenvalue weighted by atomic mass is 9.96. The van der Waals surface area contributed by atoms with Crippen molar-refractivity contribution in [3.63, 3.8) is 0 Å². The van der Waals surface area contributed by atoms with Gasteiger partial charge in [0.1, 0.15) is 5.82 Å². The molecule has 0 aliphatic carbocycles. The minimum absolute atomic E-state index is 0.0216. The monoisotopic (exact) mass is 360 g/mol. The fourth-order valence-electron chi connectivity index (χ4n) is 3.07. The molecule has 2 aromatic heterocycles. The van der Waals surface area contributed by atoms with E-state index in [1.165, 1.54) is 11.3 Å². The van der Waals surface area contributed by atoms with Crippen LogP contribution < -0.4 is 5.32 Å².